The standard InChI is InChI=1S/C29H33ClN4O2S/c1-17-8-6-11-22(18(17)2)34-28-25(27(32-34)29(3,4)5)26(19-9-7-10-20(30)14-19)37-16-24(36)33(28)15-23(35)31-21-12-13-21/h6-11,14,21,26H,12-13,15-16H2,1-5H3,(H,31,35)/t26-/m1/s1. The minimum atomic E-state index is -0.306. The van der Waals surface area contributed by atoms with E-state index in [4.69, 9.17) is 16.7 Å². The van der Waals surface area contributed by atoms with Crippen LogP contribution in [0.2, 0.25) is 5.02 Å². The van der Waals surface area contributed by atoms with E-state index in [9.17, 15) is 9.59 Å². The number of hydrogen-bond acceptors (Lipinski definition) is 4. The minimum absolute atomic E-state index is 0.0364. The van der Waals surface area contributed by atoms with Gasteiger partial charge >= 0.3 is 0 Å². The number of aryl methyl sites for hydroxylation is 1. The number of carbonyl (C=O) groups excluding carboxylic acids is 2. The van der Waals surface area contributed by atoms with Gasteiger partial charge in [0.2, 0.25) is 11.8 Å². The van der Waals surface area contributed by atoms with Gasteiger partial charge in [-0.25, -0.2) is 4.68 Å². The summed E-state index contributed by atoms with van der Waals surface area (Å²) in [6.45, 7) is 10.5. The minimum Gasteiger partial charge on any atom is -0.352 e. The number of hydrogen-bond donors (Lipinski definition) is 1. The SMILES string of the molecule is Cc1cccc(-n2nc(C(C)(C)C)c3c2N(CC(=O)NC2CC2)C(=O)CS[C@@H]3c2cccc(Cl)c2)c1C. The second-order valence-electron chi connectivity index (χ2n) is 11.0. The fourth-order valence-corrected chi connectivity index (χ4v) is 6.17. The van der Waals surface area contributed by atoms with E-state index in [1.54, 1.807) is 16.7 Å². The molecular weight excluding hydrogens is 504 g/mol. The van der Waals surface area contributed by atoms with E-state index in [1.165, 1.54) is 0 Å². The Kier molecular flexibility index (Phi) is 6.88. The molecule has 1 aliphatic heterocycles. The van der Waals surface area contributed by atoms with Crippen LogP contribution in [0, 0.1) is 13.8 Å². The molecule has 37 heavy (non-hydrogen) atoms. The van der Waals surface area contributed by atoms with Crippen LogP contribution in [0.4, 0.5) is 5.82 Å². The number of amides is 2. The quantitative estimate of drug-likeness (QED) is 0.441. The maximum absolute atomic E-state index is 13.7. The van der Waals surface area contributed by atoms with Crippen LogP contribution in [0.3, 0.4) is 0 Å². The summed E-state index contributed by atoms with van der Waals surface area (Å²) < 4.78 is 1.89. The summed E-state index contributed by atoms with van der Waals surface area (Å²) in [4.78, 5) is 28.4. The van der Waals surface area contributed by atoms with Crippen molar-refractivity contribution in [1.82, 2.24) is 15.1 Å². The van der Waals surface area contributed by atoms with E-state index < -0.39 is 0 Å². The van der Waals surface area contributed by atoms with Gasteiger partial charge in [0, 0.05) is 22.0 Å². The highest BCUT2D eigenvalue weighted by Crippen LogP contribution is 2.49. The van der Waals surface area contributed by atoms with Crippen molar-refractivity contribution < 1.29 is 9.59 Å². The molecule has 194 valence electrons. The number of aromatic nitrogens is 2. The van der Waals surface area contributed by atoms with Gasteiger partial charge in [0.05, 0.1) is 22.4 Å². The zero-order valence-corrected chi connectivity index (χ0v) is 23.5. The number of anilines is 1. The molecule has 2 aliphatic rings. The van der Waals surface area contributed by atoms with E-state index in [0.717, 1.165) is 46.5 Å². The predicted molar refractivity (Wildman–Crippen MR) is 151 cm³/mol. The summed E-state index contributed by atoms with van der Waals surface area (Å²) in [5, 5.41) is 8.72. The van der Waals surface area contributed by atoms with Crippen LogP contribution in [0.25, 0.3) is 5.69 Å². The Morgan fingerprint density at radius 1 is 1.16 bits per heavy atom. The molecule has 1 saturated carbocycles. The fraction of sp³-hybridized carbons (Fsp3) is 0.414. The smallest absolute Gasteiger partial charge is 0.240 e. The molecule has 0 saturated heterocycles. The summed E-state index contributed by atoms with van der Waals surface area (Å²) in [5.41, 5.74) is 5.71. The number of benzene rings is 2. The Labute approximate surface area is 227 Å². The van der Waals surface area contributed by atoms with Crippen LogP contribution in [-0.2, 0) is 15.0 Å². The molecule has 0 bridgehead atoms. The van der Waals surface area contributed by atoms with Gasteiger partial charge in [-0.3, -0.25) is 14.5 Å². The van der Waals surface area contributed by atoms with Crippen molar-refractivity contribution in [3.05, 3.63) is 75.4 Å². The lowest BCUT2D eigenvalue weighted by atomic mass is 9.87. The van der Waals surface area contributed by atoms with Crippen molar-refractivity contribution in [3.8, 4) is 5.69 Å². The van der Waals surface area contributed by atoms with Crippen molar-refractivity contribution in [2.45, 2.75) is 64.2 Å². The number of nitrogens with zero attached hydrogens (tertiary/aromatic N) is 3. The molecule has 1 atom stereocenters. The van der Waals surface area contributed by atoms with Crippen LogP contribution >= 0.6 is 23.4 Å². The molecule has 1 aromatic heterocycles. The highest BCUT2D eigenvalue weighted by atomic mass is 35.5. The van der Waals surface area contributed by atoms with Gasteiger partial charge < -0.3 is 5.32 Å². The first-order valence-electron chi connectivity index (χ1n) is 12.7. The van der Waals surface area contributed by atoms with E-state index in [-0.39, 0.29) is 40.8 Å². The molecule has 5 rings (SSSR count). The third-order valence-electron chi connectivity index (χ3n) is 7.00. The average Bonchev–Trinajstić information content (AvgIpc) is 3.57. The zero-order valence-electron chi connectivity index (χ0n) is 22.0. The lowest BCUT2D eigenvalue weighted by Crippen LogP contribution is -2.43. The number of halogens is 1. The fourth-order valence-electron chi connectivity index (χ4n) is 4.78. The molecule has 0 spiro atoms. The first kappa shape index (κ1) is 25.9. The molecule has 0 unspecified atom stereocenters. The van der Waals surface area contributed by atoms with E-state index in [2.05, 4.69) is 52.1 Å². The van der Waals surface area contributed by atoms with Crippen molar-refractivity contribution in [1.29, 1.82) is 0 Å². The third kappa shape index (κ3) is 5.16. The lowest BCUT2D eigenvalue weighted by molar-refractivity contribution is -0.123. The summed E-state index contributed by atoms with van der Waals surface area (Å²) in [6.07, 6.45) is 1.98. The summed E-state index contributed by atoms with van der Waals surface area (Å²) >= 11 is 7.99. The number of thioether (sulfide) groups is 1. The Balaban J connectivity index is 1.78. The van der Waals surface area contributed by atoms with Gasteiger partial charge in [-0.15, -0.1) is 11.8 Å². The summed E-state index contributed by atoms with van der Waals surface area (Å²) in [5.74, 6) is 0.677. The van der Waals surface area contributed by atoms with Gasteiger partial charge in [-0.05, 0) is 61.6 Å². The number of nitrogens with one attached hydrogen (secondary N) is 1. The Morgan fingerprint density at radius 2 is 1.89 bits per heavy atom. The molecular formula is C29H33ClN4O2S. The summed E-state index contributed by atoms with van der Waals surface area (Å²) in [6, 6.07) is 14.1. The Bertz CT molecular complexity index is 1370. The number of rotatable bonds is 5. The van der Waals surface area contributed by atoms with Crippen LogP contribution in [-0.4, -0.2) is 39.9 Å². The molecule has 2 amide bonds. The van der Waals surface area contributed by atoms with Gasteiger partial charge in [0.15, 0.2) is 0 Å². The maximum Gasteiger partial charge on any atom is 0.240 e. The molecule has 1 fully saturated rings. The number of fused-ring (bicyclic) bond motifs is 1. The molecule has 1 N–H and O–H groups in total. The van der Waals surface area contributed by atoms with Crippen molar-refractivity contribution in [2.75, 3.05) is 17.2 Å². The van der Waals surface area contributed by atoms with Gasteiger partial charge in [0.1, 0.15) is 12.4 Å². The van der Waals surface area contributed by atoms with Crippen LogP contribution in [0.5, 0.6) is 0 Å². The maximum atomic E-state index is 13.7. The van der Waals surface area contributed by atoms with E-state index >= 15 is 0 Å². The molecule has 2 heterocycles. The number of carbonyl (C=O) groups is 2. The molecule has 1 aliphatic carbocycles. The third-order valence-corrected chi connectivity index (χ3v) is 8.49. The highest BCUT2D eigenvalue weighted by molar-refractivity contribution is 8.00. The molecule has 3 aromatic rings. The highest BCUT2D eigenvalue weighted by Gasteiger charge is 2.40. The zero-order chi connectivity index (χ0) is 26.5. The Hall–Kier alpha value is -2.77. The van der Waals surface area contributed by atoms with Gasteiger partial charge in [0.25, 0.3) is 0 Å². The first-order chi connectivity index (χ1) is 17.5. The summed E-state index contributed by atoms with van der Waals surface area (Å²) in [7, 11) is 0. The normalized spacial score (nSPS) is 17.9. The van der Waals surface area contributed by atoms with Crippen LogP contribution in [0.15, 0.2) is 42.5 Å². The van der Waals surface area contributed by atoms with Crippen molar-refractivity contribution in [3.63, 3.8) is 0 Å². The topological polar surface area (TPSA) is 67.2 Å². The first-order valence-corrected chi connectivity index (χ1v) is 14.1. The van der Waals surface area contributed by atoms with Crippen molar-refractivity contribution >= 4 is 41.0 Å². The van der Waals surface area contributed by atoms with E-state index in [0.29, 0.717) is 10.8 Å². The second kappa shape index (κ2) is 9.84. The van der Waals surface area contributed by atoms with Gasteiger partial charge in [-0.2, -0.15) is 5.10 Å². The molecule has 0 radical (unpaired) electrons. The monoisotopic (exact) mass is 536 g/mol. The molecule has 2 aromatic carbocycles. The van der Waals surface area contributed by atoms with E-state index in [1.807, 2.05) is 35.0 Å². The Morgan fingerprint density at radius 3 is 2.57 bits per heavy atom. The van der Waals surface area contributed by atoms with Crippen LogP contribution in [0.1, 0.15) is 66.8 Å². The largest absolute Gasteiger partial charge is 0.352 e. The lowest BCUT2D eigenvalue weighted by Gasteiger charge is -2.25. The van der Waals surface area contributed by atoms with Crippen LogP contribution < -0.4 is 10.2 Å². The average molecular weight is 537 g/mol. The molecule has 6 nitrogen and oxygen atoms in total. The van der Waals surface area contributed by atoms with Crippen molar-refractivity contribution in [2.24, 2.45) is 0 Å². The van der Waals surface area contributed by atoms with Gasteiger partial charge in [-0.1, -0.05) is 56.6 Å². The molecule has 8 heteroatoms. The second-order valence-corrected chi connectivity index (χ2v) is 12.6. The predicted octanol–water partition coefficient (Wildman–Crippen LogP) is 5.89.